The smallest absolute Gasteiger partial charge is 0.230 e. The second-order valence-electron chi connectivity index (χ2n) is 4.28. The summed E-state index contributed by atoms with van der Waals surface area (Å²) >= 11 is 0. The first-order chi connectivity index (χ1) is 8.24. The van der Waals surface area contributed by atoms with Crippen molar-refractivity contribution in [3.8, 4) is 5.75 Å². The van der Waals surface area contributed by atoms with E-state index in [0.717, 1.165) is 17.9 Å². The third-order valence-corrected chi connectivity index (χ3v) is 3.02. The van der Waals surface area contributed by atoms with Gasteiger partial charge in [-0.1, -0.05) is 19.1 Å². The third kappa shape index (κ3) is 2.42. The van der Waals surface area contributed by atoms with Crippen molar-refractivity contribution in [1.82, 2.24) is 0 Å². The topological polar surface area (TPSA) is 55.6 Å². The summed E-state index contributed by atoms with van der Waals surface area (Å²) in [4.78, 5) is 14.1. The first-order valence-electron chi connectivity index (χ1n) is 5.97. The number of benzene rings is 1. The molecule has 0 fully saturated rings. The highest BCUT2D eigenvalue weighted by molar-refractivity contribution is 5.96. The Morgan fingerprint density at radius 3 is 3.06 bits per heavy atom. The Balaban J connectivity index is 2.20. The van der Waals surface area contributed by atoms with E-state index in [4.69, 9.17) is 10.5 Å². The van der Waals surface area contributed by atoms with Gasteiger partial charge >= 0.3 is 0 Å². The van der Waals surface area contributed by atoms with E-state index in [9.17, 15) is 4.79 Å². The van der Waals surface area contributed by atoms with Crippen LogP contribution in [0.5, 0.6) is 5.75 Å². The second kappa shape index (κ2) is 5.19. The molecule has 1 aliphatic rings. The van der Waals surface area contributed by atoms with Crippen LogP contribution in [0.15, 0.2) is 24.3 Å². The van der Waals surface area contributed by atoms with Crippen molar-refractivity contribution in [2.45, 2.75) is 13.3 Å². The summed E-state index contributed by atoms with van der Waals surface area (Å²) < 4.78 is 5.52. The van der Waals surface area contributed by atoms with Crippen LogP contribution < -0.4 is 15.4 Å². The minimum Gasteiger partial charge on any atom is -0.490 e. The zero-order valence-electron chi connectivity index (χ0n) is 10.1. The Morgan fingerprint density at radius 1 is 1.53 bits per heavy atom. The van der Waals surface area contributed by atoms with Gasteiger partial charge in [0.05, 0.1) is 12.2 Å². The van der Waals surface area contributed by atoms with Gasteiger partial charge in [0, 0.05) is 5.92 Å². The summed E-state index contributed by atoms with van der Waals surface area (Å²) in [6.07, 6.45) is 0.721. The number of anilines is 1. The van der Waals surface area contributed by atoms with Crippen LogP contribution in [0.25, 0.3) is 0 Å². The van der Waals surface area contributed by atoms with Gasteiger partial charge in [-0.15, -0.1) is 0 Å². The lowest BCUT2D eigenvalue weighted by Gasteiger charge is -2.31. The van der Waals surface area contributed by atoms with Crippen LogP contribution in [-0.4, -0.2) is 25.6 Å². The van der Waals surface area contributed by atoms with Crippen molar-refractivity contribution in [3.05, 3.63) is 24.3 Å². The van der Waals surface area contributed by atoms with E-state index in [2.05, 4.69) is 0 Å². The summed E-state index contributed by atoms with van der Waals surface area (Å²) in [6, 6.07) is 7.64. The molecule has 1 aliphatic heterocycles. The Kier molecular flexibility index (Phi) is 3.64. The van der Waals surface area contributed by atoms with E-state index in [-0.39, 0.29) is 11.8 Å². The molecule has 2 rings (SSSR count). The molecule has 1 atom stereocenters. The summed E-state index contributed by atoms with van der Waals surface area (Å²) in [5.74, 6) is 0.879. The first kappa shape index (κ1) is 11.9. The lowest BCUT2D eigenvalue weighted by molar-refractivity contribution is -0.122. The van der Waals surface area contributed by atoms with Gasteiger partial charge < -0.3 is 15.4 Å². The Bertz CT molecular complexity index is 406. The molecular weight excluding hydrogens is 216 g/mol. The molecule has 4 heteroatoms. The lowest BCUT2D eigenvalue weighted by Crippen LogP contribution is -2.41. The average molecular weight is 234 g/mol. The number of hydrogen-bond acceptors (Lipinski definition) is 3. The number of carbonyl (C=O) groups excluding carboxylic acids is 1. The predicted molar refractivity (Wildman–Crippen MR) is 67.1 cm³/mol. The highest BCUT2D eigenvalue weighted by Gasteiger charge is 2.26. The van der Waals surface area contributed by atoms with Crippen molar-refractivity contribution in [2.75, 3.05) is 24.6 Å². The van der Waals surface area contributed by atoms with Crippen LogP contribution in [0.2, 0.25) is 0 Å². The van der Waals surface area contributed by atoms with Crippen molar-refractivity contribution in [2.24, 2.45) is 11.7 Å². The SMILES string of the molecule is CC(CCN)C(=O)N1CCOc2ccccc21. The molecule has 0 saturated carbocycles. The van der Waals surface area contributed by atoms with Crippen LogP contribution in [0.1, 0.15) is 13.3 Å². The second-order valence-corrected chi connectivity index (χ2v) is 4.28. The number of nitrogens with two attached hydrogens (primary N) is 1. The number of ether oxygens (including phenoxy) is 1. The van der Waals surface area contributed by atoms with Crippen LogP contribution in [0.3, 0.4) is 0 Å². The largest absolute Gasteiger partial charge is 0.490 e. The average Bonchev–Trinajstić information content (AvgIpc) is 2.37. The van der Waals surface area contributed by atoms with Crippen molar-refractivity contribution >= 4 is 11.6 Å². The number of para-hydroxylation sites is 2. The van der Waals surface area contributed by atoms with Gasteiger partial charge in [0.2, 0.25) is 5.91 Å². The highest BCUT2D eigenvalue weighted by Crippen LogP contribution is 2.31. The molecule has 2 N–H and O–H groups in total. The summed E-state index contributed by atoms with van der Waals surface area (Å²) in [6.45, 7) is 3.63. The zero-order valence-corrected chi connectivity index (χ0v) is 10.1. The van der Waals surface area contributed by atoms with Gasteiger partial charge in [0.1, 0.15) is 12.4 Å². The minimum atomic E-state index is -0.0360. The molecule has 1 heterocycles. The number of fused-ring (bicyclic) bond motifs is 1. The molecule has 0 aromatic heterocycles. The maximum absolute atomic E-state index is 12.3. The maximum Gasteiger partial charge on any atom is 0.230 e. The van der Waals surface area contributed by atoms with E-state index >= 15 is 0 Å². The molecule has 0 aliphatic carbocycles. The molecule has 1 amide bonds. The Hall–Kier alpha value is -1.55. The van der Waals surface area contributed by atoms with Gasteiger partial charge in [0.25, 0.3) is 0 Å². The highest BCUT2D eigenvalue weighted by atomic mass is 16.5. The van der Waals surface area contributed by atoms with Crippen molar-refractivity contribution in [1.29, 1.82) is 0 Å². The Labute approximate surface area is 101 Å². The van der Waals surface area contributed by atoms with Gasteiger partial charge in [-0.05, 0) is 25.1 Å². The molecule has 1 unspecified atom stereocenters. The summed E-state index contributed by atoms with van der Waals surface area (Å²) in [7, 11) is 0. The van der Waals surface area contributed by atoms with Gasteiger partial charge in [-0.3, -0.25) is 4.79 Å². The molecule has 0 radical (unpaired) electrons. The molecule has 92 valence electrons. The molecule has 1 aromatic rings. The Morgan fingerprint density at radius 2 is 2.29 bits per heavy atom. The number of hydrogen-bond donors (Lipinski definition) is 1. The maximum atomic E-state index is 12.3. The monoisotopic (exact) mass is 234 g/mol. The predicted octanol–water partition coefficient (Wildman–Crippen LogP) is 1.40. The lowest BCUT2D eigenvalue weighted by atomic mass is 10.1. The van der Waals surface area contributed by atoms with Crippen LogP contribution in [0, 0.1) is 5.92 Å². The molecule has 0 spiro atoms. The quantitative estimate of drug-likeness (QED) is 0.860. The van der Waals surface area contributed by atoms with E-state index in [0.29, 0.717) is 19.7 Å². The van der Waals surface area contributed by atoms with Gasteiger partial charge in [-0.25, -0.2) is 0 Å². The molecule has 4 nitrogen and oxygen atoms in total. The van der Waals surface area contributed by atoms with E-state index < -0.39 is 0 Å². The molecule has 17 heavy (non-hydrogen) atoms. The van der Waals surface area contributed by atoms with E-state index in [1.807, 2.05) is 31.2 Å². The molecule has 0 saturated heterocycles. The van der Waals surface area contributed by atoms with Crippen molar-refractivity contribution in [3.63, 3.8) is 0 Å². The van der Waals surface area contributed by atoms with Gasteiger partial charge in [0.15, 0.2) is 0 Å². The fourth-order valence-electron chi connectivity index (χ4n) is 2.04. The number of amides is 1. The van der Waals surface area contributed by atoms with Crippen molar-refractivity contribution < 1.29 is 9.53 Å². The molecule has 0 bridgehead atoms. The van der Waals surface area contributed by atoms with Crippen LogP contribution in [0.4, 0.5) is 5.69 Å². The molecular formula is C13H18N2O2. The number of rotatable bonds is 3. The van der Waals surface area contributed by atoms with Crippen LogP contribution >= 0.6 is 0 Å². The fourth-order valence-corrected chi connectivity index (χ4v) is 2.04. The van der Waals surface area contributed by atoms with Gasteiger partial charge in [-0.2, -0.15) is 0 Å². The minimum absolute atomic E-state index is 0.0360. The van der Waals surface area contributed by atoms with E-state index in [1.165, 1.54) is 0 Å². The summed E-state index contributed by atoms with van der Waals surface area (Å²) in [5.41, 5.74) is 6.36. The third-order valence-electron chi connectivity index (χ3n) is 3.02. The summed E-state index contributed by atoms with van der Waals surface area (Å²) in [5, 5.41) is 0. The standard InChI is InChI=1S/C13H18N2O2/c1-10(6-7-14)13(16)15-8-9-17-12-5-3-2-4-11(12)15/h2-5,10H,6-9,14H2,1H3. The normalized spacial score (nSPS) is 16.0. The van der Waals surface area contributed by atoms with Crippen LogP contribution in [-0.2, 0) is 4.79 Å². The van der Waals surface area contributed by atoms with E-state index in [1.54, 1.807) is 4.90 Å². The number of nitrogens with zero attached hydrogens (tertiary/aromatic N) is 1. The molecule has 1 aromatic carbocycles. The fraction of sp³-hybridized carbons (Fsp3) is 0.462. The first-order valence-corrected chi connectivity index (χ1v) is 5.97. The number of carbonyl (C=O) groups is 1. The zero-order chi connectivity index (χ0) is 12.3.